The summed E-state index contributed by atoms with van der Waals surface area (Å²) < 4.78 is 5.25. The zero-order valence-electron chi connectivity index (χ0n) is 17.0. The fourth-order valence-corrected chi connectivity index (χ4v) is 4.60. The molecule has 1 N–H and O–H groups in total. The third-order valence-electron chi connectivity index (χ3n) is 5.39. The maximum Gasteiger partial charge on any atom is 0.207 e. The van der Waals surface area contributed by atoms with Crippen LogP contribution in [0, 0.1) is 0 Å². The van der Waals surface area contributed by atoms with Crippen LogP contribution < -0.4 is 9.75 Å². The zero-order valence-corrected chi connectivity index (χ0v) is 17.8. The Morgan fingerprint density at radius 2 is 1.68 bits per heavy atom. The summed E-state index contributed by atoms with van der Waals surface area (Å²) in [5, 5.41) is 20.2. The van der Waals surface area contributed by atoms with Gasteiger partial charge in [0, 0.05) is 22.9 Å². The summed E-state index contributed by atoms with van der Waals surface area (Å²) in [6.45, 7) is 0. The third-order valence-corrected chi connectivity index (χ3v) is 6.22. The molecule has 0 fully saturated rings. The molecule has 1 aliphatic rings. The van der Waals surface area contributed by atoms with Crippen molar-refractivity contribution in [3.8, 4) is 22.8 Å². The van der Waals surface area contributed by atoms with Crippen LogP contribution in [0.4, 0.5) is 5.13 Å². The number of phenolic OH excluding ortho intramolecular Hbond substituents is 1. The molecule has 0 saturated carbocycles. The van der Waals surface area contributed by atoms with Gasteiger partial charge >= 0.3 is 0 Å². The molecule has 5 nitrogen and oxygen atoms in total. The molecular weight excluding hydrogens is 406 g/mol. The van der Waals surface area contributed by atoms with Gasteiger partial charge in [-0.2, -0.15) is 5.10 Å². The predicted octanol–water partition coefficient (Wildman–Crippen LogP) is 5.88. The molecule has 6 heteroatoms. The van der Waals surface area contributed by atoms with E-state index in [9.17, 15) is 5.11 Å². The average molecular weight is 428 g/mol. The number of aromatic nitrogens is 1. The van der Waals surface area contributed by atoms with Gasteiger partial charge in [0.05, 0.1) is 24.6 Å². The van der Waals surface area contributed by atoms with Gasteiger partial charge in [-0.1, -0.05) is 48.5 Å². The van der Waals surface area contributed by atoms with E-state index in [-0.39, 0.29) is 11.8 Å². The number of anilines is 1. The summed E-state index contributed by atoms with van der Waals surface area (Å²) in [4.78, 5) is 4.87. The summed E-state index contributed by atoms with van der Waals surface area (Å²) >= 11 is 1.55. The molecule has 3 aromatic carbocycles. The van der Waals surface area contributed by atoms with Crippen LogP contribution in [0.25, 0.3) is 11.3 Å². The molecular formula is C25H21N3O2S. The Hall–Kier alpha value is -3.64. The molecule has 1 atom stereocenters. The molecule has 154 valence electrons. The second-order valence-corrected chi connectivity index (χ2v) is 8.12. The normalized spacial score (nSPS) is 15.7. The summed E-state index contributed by atoms with van der Waals surface area (Å²) in [5.41, 5.74) is 4.82. The van der Waals surface area contributed by atoms with Crippen molar-refractivity contribution in [1.82, 2.24) is 4.98 Å². The van der Waals surface area contributed by atoms with Crippen LogP contribution in [0.1, 0.15) is 23.6 Å². The SMILES string of the molecule is COc1ccc(-c2csc(N3N=C(c4ccccc4)CC3c3ccccc3O)n2)cc1. The molecule has 0 radical (unpaired) electrons. The van der Waals surface area contributed by atoms with Crippen LogP contribution in [0.3, 0.4) is 0 Å². The van der Waals surface area contributed by atoms with Crippen LogP contribution in [0.2, 0.25) is 0 Å². The number of nitrogens with zero attached hydrogens (tertiary/aromatic N) is 3. The van der Waals surface area contributed by atoms with E-state index in [0.29, 0.717) is 6.42 Å². The Balaban J connectivity index is 1.53. The molecule has 31 heavy (non-hydrogen) atoms. The van der Waals surface area contributed by atoms with Crippen molar-refractivity contribution in [2.24, 2.45) is 5.10 Å². The highest BCUT2D eigenvalue weighted by Gasteiger charge is 2.33. The number of phenols is 1. The molecule has 0 saturated heterocycles. The van der Waals surface area contributed by atoms with Crippen LogP contribution in [0.5, 0.6) is 11.5 Å². The van der Waals surface area contributed by atoms with E-state index in [4.69, 9.17) is 14.8 Å². The molecule has 1 aliphatic heterocycles. The lowest BCUT2D eigenvalue weighted by molar-refractivity contribution is 0.415. The Morgan fingerprint density at radius 1 is 0.935 bits per heavy atom. The summed E-state index contributed by atoms with van der Waals surface area (Å²) in [7, 11) is 1.66. The van der Waals surface area contributed by atoms with Crippen molar-refractivity contribution < 1.29 is 9.84 Å². The van der Waals surface area contributed by atoms with Gasteiger partial charge in [-0.25, -0.2) is 9.99 Å². The molecule has 5 rings (SSSR count). The number of hydrogen-bond acceptors (Lipinski definition) is 6. The van der Waals surface area contributed by atoms with Crippen LogP contribution in [-0.2, 0) is 0 Å². The smallest absolute Gasteiger partial charge is 0.207 e. The average Bonchev–Trinajstić information content (AvgIpc) is 3.48. The van der Waals surface area contributed by atoms with E-state index in [1.165, 1.54) is 0 Å². The van der Waals surface area contributed by atoms with Crippen molar-refractivity contribution >= 4 is 22.2 Å². The second-order valence-electron chi connectivity index (χ2n) is 7.28. The van der Waals surface area contributed by atoms with Crippen molar-refractivity contribution in [3.05, 3.63) is 95.4 Å². The summed E-state index contributed by atoms with van der Waals surface area (Å²) in [6, 6.07) is 25.4. The highest BCUT2D eigenvalue weighted by atomic mass is 32.1. The Morgan fingerprint density at radius 3 is 2.42 bits per heavy atom. The molecule has 0 amide bonds. The molecule has 2 heterocycles. The first-order valence-corrected chi connectivity index (χ1v) is 10.9. The van der Waals surface area contributed by atoms with Crippen molar-refractivity contribution in [2.75, 3.05) is 12.1 Å². The number of para-hydroxylation sites is 1. The monoisotopic (exact) mass is 427 g/mol. The Kier molecular flexibility index (Phi) is 5.14. The van der Waals surface area contributed by atoms with Crippen LogP contribution in [0.15, 0.2) is 89.3 Å². The third kappa shape index (κ3) is 3.78. The van der Waals surface area contributed by atoms with Gasteiger partial charge < -0.3 is 9.84 Å². The standard InChI is InChI=1S/C25H21N3O2S/c1-30-19-13-11-18(12-14-19)22-16-31-25(26-22)28-23(20-9-5-6-10-24(20)29)15-21(27-28)17-7-3-2-4-8-17/h2-14,16,23,29H,15H2,1H3. The Bertz CT molecular complexity index is 1220. The number of aromatic hydroxyl groups is 1. The van der Waals surface area contributed by atoms with Gasteiger partial charge in [0.1, 0.15) is 11.5 Å². The van der Waals surface area contributed by atoms with Gasteiger partial charge in [-0.15, -0.1) is 11.3 Å². The number of hydrogen-bond donors (Lipinski definition) is 1. The van der Waals surface area contributed by atoms with E-state index in [0.717, 1.165) is 39.0 Å². The summed E-state index contributed by atoms with van der Waals surface area (Å²) in [5.74, 6) is 1.09. The van der Waals surface area contributed by atoms with Crippen LogP contribution >= 0.6 is 11.3 Å². The number of benzene rings is 3. The number of rotatable bonds is 5. The number of hydrazone groups is 1. The minimum atomic E-state index is -0.119. The molecule has 0 bridgehead atoms. The summed E-state index contributed by atoms with van der Waals surface area (Å²) in [6.07, 6.45) is 0.693. The second kappa shape index (κ2) is 8.24. The maximum atomic E-state index is 10.5. The first-order valence-electron chi connectivity index (χ1n) is 10.0. The maximum absolute atomic E-state index is 10.5. The predicted molar refractivity (Wildman–Crippen MR) is 125 cm³/mol. The van der Waals surface area contributed by atoms with Crippen molar-refractivity contribution in [2.45, 2.75) is 12.5 Å². The lowest BCUT2D eigenvalue weighted by atomic mass is 9.98. The van der Waals surface area contributed by atoms with E-state index < -0.39 is 0 Å². The lowest BCUT2D eigenvalue weighted by Gasteiger charge is -2.21. The van der Waals surface area contributed by atoms with E-state index in [1.807, 2.05) is 71.1 Å². The first-order chi connectivity index (χ1) is 15.2. The van der Waals surface area contributed by atoms with Crippen molar-refractivity contribution in [1.29, 1.82) is 0 Å². The van der Waals surface area contributed by atoms with Gasteiger partial charge in [0.15, 0.2) is 0 Å². The van der Waals surface area contributed by atoms with Gasteiger partial charge in [0.2, 0.25) is 5.13 Å². The van der Waals surface area contributed by atoms with E-state index in [1.54, 1.807) is 24.5 Å². The van der Waals surface area contributed by atoms with Crippen molar-refractivity contribution in [3.63, 3.8) is 0 Å². The molecule has 4 aromatic rings. The first kappa shape index (κ1) is 19.3. The number of methoxy groups -OCH3 is 1. The molecule has 1 unspecified atom stereocenters. The van der Waals surface area contributed by atoms with Gasteiger partial charge in [-0.05, 0) is 35.9 Å². The van der Waals surface area contributed by atoms with Gasteiger partial charge in [0.25, 0.3) is 0 Å². The largest absolute Gasteiger partial charge is 0.508 e. The number of ether oxygens (including phenoxy) is 1. The van der Waals surface area contributed by atoms with E-state index in [2.05, 4.69) is 12.1 Å². The highest BCUT2D eigenvalue weighted by molar-refractivity contribution is 7.14. The zero-order chi connectivity index (χ0) is 21.2. The quantitative estimate of drug-likeness (QED) is 0.432. The minimum Gasteiger partial charge on any atom is -0.508 e. The topological polar surface area (TPSA) is 58.0 Å². The van der Waals surface area contributed by atoms with Crippen LogP contribution in [-0.4, -0.2) is 22.9 Å². The van der Waals surface area contributed by atoms with E-state index >= 15 is 0 Å². The fourth-order valence-electron chi connectivity index (χ4n) is 3.77. The molecule has 0 aliphatic carbocycles. The molecule has 1 aromatic heterocycles. The Labute approximate surface area is 184 Å². The minimum absolute atomic E-state index is 0.119. The fraction of sp³-hybridized carbons (Fsp3) is 0.120. The number of thiazole rings is 1. The molecule has 0 spiro atoms. The lowest BCUT2D eigenvalue weighted by Crippen LogP contribution is -2.18. The van der Waals surface area contributed by atoms with Gasteiger partial charge in [-0.3, -0.25) is 0 Å². The highest BCUT2D eigenvalue weighted by Crippen LogP contribution is 2.41.